The first-order chi connectivity index (χ1) is 10.4. The predicted octanol–water partition coefficient (Wildman–Crippen LogP) is 4.71. The molecule has 0 aromatic heterocycles. The number of hydrogen-bond acceptors (Lipinski definition) is 3. The van der Waals surface area contributed by atoms with Crippen LogP contribution in [-0.2, 0) is 10.1 Å². The van der Waals surface area contributed by atoms with Crippen molar-refractivity contribution >= 4 is 10.1 Å². The average Bonchev–Trinajstić information content (AvgIpc) is 2.43. The molecule has 0 saturated heterocycles. The Balaban J connectivity index is 3.61. The lowest BCUT2D eigenvalue weighted by Crippen LogP contribution is -2.20. The van der Waals surface area contributed by atoms with Crippen LogP contribution in [0.15, 0.2) is 0 Å². The lowest BCUT2D eigenvalue weighted by Gasteiger charge is -2.13. The van der Waals surface area contributed by atoms with Gasteiger partial charge in [-0.15, -0.1) is 0 Å². The Kier molecular flexibility index (Phi) is 13.2. The Morgan fingerprint density at radius 3 is 1.73 bits per heavy atom. The molecule has 0 aromatic rings. The fourth-order valence-electron chi connectivity index (χ4n) is 2.81. The minimum atomic E-state index is -3.88. The first-order valence-electron chi connectivity index (χ1n) is 9.06. The SMILES string of the molecule is CCCCC(CCCCCCCCC(O)CCC)S(=O)(=O)O. The van der Waals surface area contributed by atoms with Crippen LogP contribution in [-0.4, -0.2) is 29.4 Å². The van der Waals surface area contributed by atoms with E-state index in [0.29, 0.717) is 12.8 Å². The Labute approximate surface area is 137 Å². The zero-order chi connectivity index (χ0) is 16.8. The van der Waals surface area contributed by atoms with Gasteiger partial charge in [-0.1, -0.05) is 71.6 Å². The second kappa shape index (κ2) is 13.3. The van der Waals surface area contributed by atoms with E-state index in [-0.39, 0.29) is 6.10 Å². The van der Waals surface area contributed by atoms with E-state index in [0.717, 1.165) is 70.6 Å². The maximum absolute atomic E-state index is 11.3. The topological polar surface area (TPSA) is 74.6 Å². The van der Waals surface area contributed by atoms with E-state index in [9.17, 15) is 18.1 Å². The van der Waals surface area contributed by atoms with Crippen LogP contribution in [0.4, 0.5) is 0 Å². The summed E-state index contributed by atoms with van der Waals surface area (Å²) in [5.41, 5.74) is 0. The largest absolute Gasteiger partial charge is 0.393 e. The fourth-order valence-corrected chi connectivity index (χ4v) is 3.74. The third-order valence-corrected chi connectivity index (χ3v) is 5.55. The second-order valence-electron chi connectivity index (χ2n) is 6.42. The van der Waals surface area contributed by atoms with Crippen LogP contribution >= 0.6 is 0 Å². The van der Waals surface area contributed by atoms with Crippen LogP contribution in [0.3, 0.4) is 0 Å². The number of aliphatic hydroxyl groups is 1. The molecule has 5 heteroatoms. The van der Waals surface area contributed by atoms with E-state index >= 15 is 0 Å². The Morgan fingerprint density at radius 2 is 1.23 bits per heavy atom. The molecule has 0 aliphatic rings. The molecule has 2 N–H and O–H groups in total. The van der Waals surface area contributed by atoms with E-state index in [4.69, 9.17) is 0 Å². The van der Waals surface area contributed by atoms with Gasteiger partial charge in [-0.2, -0.15) is 8.42 Å². The van der Waals surface area contributed by atoms with Gasteiger partial charge in [-0.05, 0) is 25.7 Å². The molecule has 0 fully saturated rings. The zero-order valence-corrected chi connectivity index (χ0v) is 15.3. The van der Waals surface area contributed by atoms with Crippen molar-refractivity contribution in [2.45, 2.75) is 109 Å². The normalized spacial score (nSPS) is 14.9. The van der Waals surface area contributed by atoms with Crippen molar-refractivity contribution in [3.05, 3.63) is 0 Å². The van der Waals surface area contributed by atoms with Gasteiger partial charge in [-0.25, -0.2) is 0 Å². The summed E-state index contributed by atoms with van der Waals surface area (Å²) >= 11 is 0. The number of aliphatic hydroxyl groups excluding tert-OH is 1. The van der Waals surface area contributed by atoms with Crippen LogP contribution in [0.25, 0.3) is 0 Å². The summed E-state index contributed by atoms with van der Waals surface area (Å²) in [6, 6.07) is 0. The molecule has 2 unspecified atom stereocenters. The fraction of sp³-hybridized carbons (Fsp3) is 1.00. The predicted molar refractivity (Wildman–Crippen MR) is 92.7 cm³/mol. The molecule has 0 aliphatic heterocycles. The monoisotopic (exact) mass is 336 g/mol. The summed E-state index contributed by atoms with van der Waals surface area (Å²) in [5.74, 6) is 0. The van der Waals surface area contributed by atoms with Crippen molar-refractivity contribution in [1.29, 1.82) is 0 Å². The van der Waals surface area contributed by atoms with Gasteiger partial charge in [0.25, 0.3) is 10.1 Å². The van der Waals surface area contributed by atoms with E-state index in [1.54, 1.807) is 0 Å². The number of hydrogen-bond donors (Lipinski definition) is 2. The van der Waals surface area contributed by atoms with Gasteiger partial charge in [0.2, 0.25) is 0 Å². The minimum absolute atomic E-state index is 0.140. The molecule has 2 atom stereocenters. The summed E-state index contributed by atoms with van der Waals surface area (Å²) in [6.07, 6.45) is 12.0. The van der Waals surface area contributed by atoms with Gasteiger partial charge in [0.05, 0.1) is 11.4 Å². The molecule has 0 radical (unpaired) electrons. The van der Waals surface area contributed by atoms with Crippen molar-refractivity contribution in [1.82, 2.24) is 0 Å². The van der Waals surface area contributed by atoms with Crippen molar-refractivity contribution in [2.24, 2.45) is 0 Å². The molecule has 134 valence electrons. The van der Waals surface area contributed by atoms with Crippen LogP contribution in [0.5, 0.6) is 0 Å². The van der Waals surface area contributed by atoms with Gasteiger partial charge in [-0.3, -0.25) is 4.55 Å². The summed E-state index contributed by atoms with van der Waals surface area (Å²) in [6.45, 7) is 4.11. The molecule has 0 amide bonds. The molecule has 0 bridgehead atoms. The molecule has 0 rings (SSSR count). The van der Waals surface area contributed by atoms with Gasteiger partial charge >= 0.3 is 0 Å². The van der Waals surface area contributed by atoms with Crippen LogP contribution in [0.2, 0.25) is 0 Å². The van der Waals surface area contributed by atoms with Crippen LogP contribution in [0, 0.1) is 0 Å². The Morgan fingerprint density at radius 1 is 0.727 bits per heavy atom. The quantitative estimate of drug-likeness (QED) is 0.335. The molecule has 22 heavy (non-hydrogen) atoms. The van der Waals surface area contributed by atoms with Crippen LogP contribution < -0.4 is 0 Å². The number of rotatable bonds is 15. The van der Waals surface area contributed by atoms with E-state index in [1.807, 2.05) is 6.92 Å². The van der Waals surface area contributed by atoms with Crippen LogP contribution in [0.1, 0.15) is 97.3 Å². The highest BCUT2D eigenvalue weighted by molar-refractivity contribution is 7.86. The maximum Gasteiger partial charge on any atom is 0.267 e. The molecular formula is C17H36O4S. The minimum Gasteiger partial charge on any atom is -0.393 e. The van der Waals surface area contributed by atoms with Gasteiger partial charge < -0.3 is 5.11 Å². The third-order valence-electron chi connectivity index (χ3n) is 4.24. The smallest absolute Gasteiger partial charge is 0.267 e. The van der Waals surface area contributed by atoms with Crippen molar-refractivity contribution in [3.8, 4) is 0 Å². The van der Waals surface area contributed by atoms with E-state index < -0.39 is 15.4 Å². The summed E-state index contributed by atoms with van der Waals surface area (Å²) in [7, 11) is -3.88. The summed E-state index contributed by atoms with van der Waals surface area (Å²) in [5, 5.41) is 9.04. The summed E-state index contributed by atoms with van der Waals surface area (Å²) in [4.78, 5) is 0. The highest BCUT2D eigenvalue weighted by atomic mass is 32.2. The Bertz CT molecular complexity index is 341. The highest BCUT2D eigenvalue weighted by Crippen LogP contribution is 2.18. The standard InChI is InChI=1S/C17H36O4S/c1-3-5-14-17(22(19,20)21)15-11-9-7-6-8-10-13-16(18)12-4-2/h16-18H,3-15H2,1-2H3,(H,19,20,21). The van der Waals surface area contributed by atoms with Gasteiger partial charge in [0.15, 0.2) is 0 Å². The molecule has 0 saturated carbocycles. The van der Waals surface area contributed by atoms with E-state index in [1.165, 1.54) is 0 Å². The van der Waals surface area contributed by atoms with Crippen molar-refractivity contribution < 1.29 is 18.1 Å². The molecule has 4 nitrogen and oxygen atoms in total. The molecule has 0 aromatic carbocycles. The highest BCUT2D eigenvalue weighted by Gasteiger charge is 2.21. The lowest BCUT2D eigenvalue weighted by atomic mass is 10.0. The third kappa shape index (κ3) is 12.4. The number of unbranched alkanes of at least 4 members (excludes halogenated alkanes) is 6. The van der Waals surface area contributed by atoms with Crippen molar-refractivity contribution in [3.63, 3.8) is 0 Å². The first kappa shape index (κ1) is 21.9. The molecule has 0 aliphatic carbocycles. The lowest BCUT2D eigenvalue weighted by molar-refractivity contribution is 0.150. The first-order valence-corrected chi connectivity index (χ1v) is 10.6. The average molecular weight is 337 g/mol. The molecular weight excluding hydrogens is 300 g/mol. The van der Waals surface area contributed by atoms with Gasteiger partial charge in [0.1, 0.15) is 0 Å². The molecule has 0 spiro atoms. The van der Waals surface area contributed by atoms with E-state index in [2.05, 4.69) is 6.92 Å². The second-order valence-corrected chi connectivity index (χ2v) is 8.12. The maximum atomic E-state index is 11.3. The van der Waals surface area contributed by atoms with Crippen molar-refractivity contribution in [2.75, 3.05) is 0 Å². The molecule has 0 heterocycles. The zero-order valence-electron chi connectivity index (χ0n) is 14.5. The summed E-state index contributed by atoms with van der Waals surface area (Å²) < 4.78 is 31.8. The Hall–Kier alpha value is -0.130. The van der Waals surface area contributed by atoms with Gasteiger partial charge in [0, 0.05) is 0 Å².